The Morgan fingerprint density at radius 3 is 2.61 bits per heavy atom. The number of amides is 1. The first-order chi connectivity index (χ1) is 13.5. The lowest BCUT2D eigenvalue weighted by Gasteiger charge is -2.08. The van der Waals surface area contributed by atoms with Crippen LogP contribution in [0.3, 0.4) is 0 Å². The van der Waals surface area contributed by atoms with Crippen LogP contribution in [0, 0.1) is 6.92 Å². The minimum Gasteiger partial charge on any atom is -0.495 e. The van der Waals surface area contributed by atoms with Crippen LogP contribution in [-0.4, -0.2) is 24.5 Å². The van der Waals surface area contributed by atoms with Gasteiger partial charge in [-0.05, 0) is 43.5 Å². The summed E-state index contributed by atoms with van der Waals surface area (Å²) < 4.78 is 5.22. The molecule has 3 rings (SSSR count). The third kappa shape index (κ3) is 4.93. The predicted octanol–water partition coefficient (Wildman–Crippen LogP) is 3.79. The van der Waals surface area contributed by atoms with E-state index in [1.807, 2.05) is 37.3 Å². The first kappa shape index (κ1) is 20.0. The van der Waals surface area contributed by atoms with Crippen molar-refractivity contribution >= 4 is 28.4 Å². The van der Waals surface area contributed by atoms with Crippen molar-refractivity contribution in [3.63, 3.8) is 0 Å². The zero-order chi connectivity index (χ0) is 20.1. The molecule has 5 nitrogen and oxygen atoms in total. The van der Waals surface area contributed by atoms with Gasteiger partial charge in [-0.25, -0.2) is 0 Å². The largest absolute Gasteiger partial charge is 0.495 e. The molecule has 0 unspecified atom stereocenters. The number of hydrogen-bond acceptors (Lipinski definition) is 3. The number of carbonyl (C=O) groups is 1. The molecule has 1 amide bonds. The number of carbonyl (C=O) groups excluding carboxylic acids is 1. The van der Waals surface area contributed by atoms with E-state index in [9.17, 15) is 9.59 Å². The Kier molecular flexibility index (Phi) is 6.37. The molecule has 0 atom stereocenters. The lowest BCUT2D eigenvalue weighted by atomic mass is 10.1. The standard InChI is InChI=1S/C22H23ClN2O3/c1-14-3-5-15(6-4-14)7-8-21(26)24-10-9-16-11-17-12-20(28-2)18(23)13-19(17)25-22(16)27/h3-6,11-13H,7-10H2,1-2H3,(H,24,26)(H,25,27). The number of fused-ring (bicyclic) bond motifs is 1. The third-order valence-electron chi connectivity index (χ3n) is 4.67. The number of hydrogen-bond donors (Lipinski definition) is 2. The quantitative estimate of drug-likeness (QED) is 0.636. The summed E-state index contributed by atoms with van der Waals surface area (Å²) in [6.45, 7) is 2.45. The number of H-pyrrole nitrogens is 1. The molecule has 0 saturated carbocycles. The van der Waals surface area contributed by atoms with E-state index in [2.05, 4.69) is 10.3 Å². The fourth-order valence-electron chi connectivity index (χ4n) is 3.03. The van der Waals surface area contributed by atoms with E-state index in [-0.39, 0.29) is 11.5 Å². The average Bonchev–Trinajstić information content (AvgIpc) is 2.68. The van der Waals surface area contributed by atoms with Crippen molar-refractivity contribution in [3.8, 4) is 5.75 Å². The van der Waals surface area contributed by atoms with Crippen molar-refractivity contribution < 1.29 is 9.53 Å². The Morgan fingerprint density at radius 2 is 1.89 bits per heavy atom. The number of methoxy groups -OCH3 is 1. The molecule has 0 aliphatic carbocycles. The van der Waals surface area contributed by atoms with E-state index < -0.39 is 0 Å². The monoisotopic (exact) mass is 398 g/mol. The molecule has 3 aromatic rings. The lowest BCUT2D eigenvalue weighted by molar-refractivity contribution is -0.121. The molecule has 6 heteroatoms. The molecule has 0 aliphatic heterocycles. The van der Waals surface area contributed by atoms with Crippen LogP contribution in [0.4, 0.5) is 0 Å². The number of pyridine rings is 1. The number of nitrogens with one attached hydrogen (secondary N) is 2. The highest BCUT2D eigenvalue weighted by molar-refractivity contribution is 6.32. The first-order valence-corrected chi connectivity index (χ1v) is 9.56. The van der Waals surface area contributed by atoms with Gasteiger partial charge in [-0.1, -0.05) is 41.4 Å². The highest BCUT2D eigenvalue weighted by Crippen LogP contribution is 2.28. The molecule has 0 bridgehead atoms. The fourth-order valence-corrected chi connectivity index (χ4v) is 3.27. The second-order valence-corrected chi connectivity index (χ2v) is 7.19. The van der Waals surface area contributed by atoms with Crippen molar-refractivity contribution in [2.75, 3.05) is 13.7 Å². The smallest absolute Gasteiger partial charge is 0.251 e. The zero-order valence-corrected chi connectivity index (χ0v) is 16.7. The van der Waals surface area contributed by atoms with E-state index in [4.69, 9.17) is 16.3 Å². The normalized spacial score (nSPS) is 10.8. The van der Waals surface area contributed by atoms with Crippen LogP contribution < -0.4 is 15.6 Å². The molecule has 1 heterocycles. The van der Waals surface area contributed by atoms with Crippen molar-refractivity contribution in [3.05, 3.63) is 74.5 Å². The zero-order valence-electron chi connectivity index (χ0n) is 16.0. The number of aromatic nitrogens is 1. The summed E-state index contributed by atoms with van der Waals surface area (Å²) in [5.74, 6) is 0.530. The minimum atomic E-state index is -0.178. The maximum atomic E-state index is 12.3. The highest BCUT2D eigenvalue weighted by atomic mass is 35.5. The molecule has 2 N–H and O–H groups in total. The summed E-state index contributed by atoms with van der Waals surface area (Å²) in [5, 5.41) is 4.16. The Labute approximate surface area is 168 Å². The van der Waals surface area contributed by atoms with Crippen LogP contribution in [0.2, 0.25) is 5.02 Å². The van der Waals surface area contributed by atoms with Gasteiger partial charge in [-0.3, -0.25) is 9.59 Å². The van der Waals surface area contributed by atoms with Gasteiger partial charge in [0, 0.05) is 23.9 Å². The lowest BCUT2D eigenvalue weighted by Crippen LogP contribution is -2.27. The third-order valence-corrected chi connectivity index (χ3v) is 4.97. The van der Waals surface area contributed by atoms with Crippen LogP contribution >= 0.6 is 11.6 Å². The summed E-state index contributed by atoms with van der Waals surface area (Å²) in [4.78, 5) is 27.2. The minimum absolute atomic E-state index is 0.0220. The Morgan fingerprint density at radius 1 is 1.14 bits per heavy atom. The van der Waals surface area contributed by atoms with E-state index in [1.165, 1.54) is 5.56 Å². The van der Waals surface area contributed by atoms with Gasteiger partial charge >= 0.3 is 0 Å². The molecule has 0 aliphatic rings. The molecule has 0 spiro atoms. The number of benzene rings is 2. The summed E-state index contributed by atoms with van der Waals surface area (Å²) in [7, 11) is 1.55. The van der Waals surface area contributed by atoms with Gasteiger partial charge in [0.25, 0.3) is 5.56 Å². The van der Waals surface area contributed by atoms with Crippen LogP contribution in [0.15, 0.2) is 47.3 Å². The molecule has 0 fully saturated rings. The summed E-state index contributed by atoms with van der Waals surface area (Å²) in [6.07, 6.45) is 1.57. The van der Waals surface area contributed by atoms with E-state index >= 15 is 0 Å². The molecule has 1 aromatic heterocycles. The first-order valence-electron chi connectivity index (χ1n) is 9.18. The van der Waals surface area contributed by atoms with Crippen molar-refractivity contribution in [1.29, 1.82) is 0 Å². The molecule has 2 aromatic carbocycles. The number of ether oxygens (including phenoxy) is 1. The van der Waals surface area contributed by atoms with Crippen molar-refractivity contribution in [2.24, 2.45) is 0 Å². The van der Waals surface area contributed by atoms with Gasteiger partial charge < -0.3 is 15.0 Å². The molecular weight excluding hydrogens is 376 g/mol. The van der Waals surface area contributed by atoms with Gasteiger partial charge in [-0.15, -0.1) is 0 Å². The molecule has 146 valence electrons. The summed E-state index contributed by atoms with van der Waals surface area (Å²) >= 11 is 6.10. The van der Waals surface area contributed by atoms with E-state index in [1.54, 1.807) is 19.2 Å². The Bertz CT molecular complexity index is 1040. The fraction of sp³-hybridized carbons (Fsp3) is 0.273. The van der Waals surface area contributed by atoms with Gasteiger partial charge in [0.1, 0.15) is 5.75 Å². The average molecular weight is 399 g/mol. The van der Waals surface area contributed by atoms with Crippen LogP contribution in [0.5, 0.6) is 5.75 Å². The number of aryl methyl sites for hydroxylation is 2. The maximum Gasteiger partial charge on any atom is 0.251 e. The van der Waals surface area contributed by atoms with E-state index in [0.717, 1.165) is 10.9 Å². The maximum absolute atomic E-state index is 12.3. The van der Waals surface area contributed by atoms with Crippen molar-refractivity contribution in [2.45, 2.75) is 26.2 Å². The van der Waals surface area contributed by atoms with Gasteiger partial charge in [0.15, 0.2) is 0 Å². The van der Waals surface area contributed by atoms with Gasteiger partial charge in [-0.2, -0.15) is 0 Å². The van der Waals surface area contributed by atoms with Crippen LogP contribution in [0.25, 0.3) is 10.9 Å². The topological polar surface area (TPSA) is 71.2 Å². The second kappa shape index (κ2) is 8.93. The number of aromatic amines is 1. The predicted molar refractivity (Wildman–Crippen MR) is 112 cm³/mol. The molecule has 28 heavy (non-hydrogen) atoms. The molecule has 0 saturated heterocycles. The SMILES string of the molecule is COc1cc2cc(CCNC(=O)CCc3ccc(C)cc3)c(=O)[nH]c2cc1Cl. The van der Waals surface area contributed by atoms with Crippen molar-refractivity contribution in [1.82, 2.24) is 10.3 Å². The van der Waals surface area contributed by atoms with Crippen LogP contribution in [-0.2, 0) is 17.6 Å². The second-order valence-electron chi connectivity index (χ2n) is 6.78. The molecule has 0 radical (unpaired) electrons. The molecular formula is C22H23ClN2O3. The summed E-state index contributed by atoms with van der Waals surface area (Å²) in [5.41, 5.74) is 3.42. The highest BCUT2D eigenvalue weighted by Gasteiger charge is 2.08. The van der Waals surface area contributed by atoms with Gasteiger partial charge in [0.2, 0.25) is 5.91 Å². The summed E-state index contributed by atoms with van der Waals surface area (Å²) in [6, 6.07) is 13.4. The van der Waals surface area contributed by atoms with E-state index in [0.29, 0.717) is 47.7 Å². The van der Waals surface area contributed by atoms with Crippen LogP contribution in [0.1, 0.15) is 23.1 Å². The van der Waals surface area contributed by atoms with Gasteiger partial charge in [0.05, 0.1) is 17.6 Å². The number of halogens is 1. The Balaban J connectivity index is 1.57. The number of rotatable bonds is 7. The Hall–Kier alpha value is -2.79.